The first-order valence-corrected chi connectivity index (χ1v) is 7.14. The summed E-state index contributed by atoms with van der Waals surface area (Å²) in [5.41, 5.74) is 15.2. The van der Waals surface area contributed by atoms with Gasteiger partial charge in [0.05, 0.1) is 0 Å². The highest BCUT2D eigenvalue weighted by Gasteiger charge is 2.41. The van der Waals surface area contributed by atoms with Crippen LogP contribution in [0.15, 0.2) is 30.5 Å². The number of rotatable bonds is 2. The van der Waals surface area contributed by atoms with E-state index < -0.39 is 0 Å². The monoisotopic (exact) mass is 283 g/mol. The summed E-state index contributed by atoms with van der Waals surface area (Å²) in [7, 11) is 0. The molecular formula is C16H21N5. The fourth-order valence-corrected chi connectivity index (χ4v) is 3.05. The molecule has 2 heterocycles. The Hall–Kier alpha value is -2.30. The molecule has 0 saturated heterocycles. The van der Waals surface area contributed by atoms with E-state index in [0.29, 0.717) is 18.4 Å². The van der Waals surface area contributed by atoms with E-state index in [1.165, 1.54) is 11.3 Å². The molecule has 21 heavy (non-hydrogen) atoms. The van der Waals surface area contributed by atoms with Crippen molar-refractivity contribution in [3.05, 3.63) is 41.6 Å². The Balaban J connectivity index is 2.00. The highest BCUT2D eigenvalue weighted by molar-refractivity contribution is 5.64. The zero-order chi connectivity index (χ0) is 15.2. The van der Waals surface area contributed by atoms with Gasteiger partial charge in [-0.2, -0.15) is 4.98 Å². The van der Waals surface area contributed by atoms with Crippen LogP contribution in [-0.2, 0) is 12.0 Å². The number of nitrogens with zero attached hydrogens (tertiary/aromatic N) is 3. The van der Waals surface area contributed by atoms with Gasteiger partial charge < -0.3 is 16.4 Å². The number of benzene rings is 1. The first kappa shape index (κ1) is 13.7. The maximum absolute atomic E-state index is 5.97. The molecule has 1 atom stereocenters. The molecule has 0 radical (unpaired) electrons. The van der Waals surface area contributed by atoms with Gasteiger partial charge in [0.15, 0.2) is 0 Å². The van der Waals surface area contributed by atoms with Crippen LogP contribution < -0.4 is 16.4 Å². The standard InChI is InChI=1S/C16H21N5/c1-10-16(2,3)12-6-4-5-7-13(12)21(10)9-11-8-19-15(18)20-14(11)17/h4-8,10H,9H2,1-3H3,(H4,17,18,19,20). The summed E-state index contributed by atoms with van der Waals surface area (Å²) in [5.74, 6) is 0.670. The molecule has 5 nitrogen and oxygen atoms in total. The summed E-state index contributed by atoms with van der Waals surface area (Å²) in [5, 5.41) is 0. The first-order chi connectivity index (χ1) is 9.91. The Morgan fingerprint density at radius 2 is 1.95 bits per heavy atom. The summed E-state index contributed by atoms with van der Waals surface area (Å²) >= 11 is 0. The fraction of sp³-hybridized carbons (Fsp3) is 0.375. The zero-order valence-corrected chi connectivity index (χ0v) is 12.7. The number of hydrogen-bond acceptors (Lipinski definition) is 5. The number of nitrogens with two attached hydrogens (primary N) is 2. The van der Waals surface area contributed by atoms with Crippen molar-refractivity contribution in [2.24, 2.45) is 0 Å². The van der Waals surface area contributed by atoms with Crippen LogP contribution in [0.4, 0.5) is 17.5 Å². The molecule has 1 aliphatic heterocycles. The second kappa shape index (κ2) is 4.62. The van der Waals surface area contributed by atoms with E-state index in [0.717, 1.165) is 5.56 Å². The summed E-state index contributed by atoms with van der Waals surface area (Å²) in [6.07, 6.45) is 1.72. The van der Waals surface area contributed by atoms with Crippen LogP contribution in [-0.4, -0.2) is 16.0 Å². The third kappa shape index (κ3) is 2.09. The Morgan fingerprint density at radius 3 is 2.67 bits per heavy atom. The number of fused-ring (bicyclic) bond motifs is 1. The van der Waals surface area contributed by atoms with Crippen molar-refractivity contribution in [3.8, 4) is 0 Å². The summed E-state index contributed by atoms with van der Waals surface area (Å²) < 4.78 is 0. The molecule has 4 N–H and O–H groups in total. The molecule has 2 aromatic rings. The quantitative estimate of drug-likeness (QED) is 0.884. The van der Waals surface area contributed by atoms with Gasteiger partial charge in [-0.3, -0.25) is 0 Å². The van der Waals surface area contributed by atoms with Gasteiger partial charge in [-0.05, 0) is 18.6 Å². The predicted octanol–water partition coefficient (Wildman–Crippen LogP) is 2.33. The molecule has 0 amide bonds. The van der Waals surface area contributed by atoms with Gasteiger partial charge in [-0.25, -0.2) is 4.98 Å². The molecule has 0 bridgehead atoms. The molecule has 0 saturated carbocycles. The van der Waals surface area contributed by atoms with E-state index in [2.05, 4.69) is 59.9 Å². The lowest BCUT2D eigenvalue weighted by molar-refractivity contribution is 0.440. The van der Waals surface area contributed by atoms with Gasteiger partial charge in [0.2, 0.25) is 5.95 Å². The highest BCUT2D eigenvalue weighted by Crippen LogP contribution is 2.45. The van der Waals surface area contributed by atoms with Crippen LogP contribution in [0.2, 0.25) is 0 Å². The summed E-state index contributed by atoms with van der Waals surface area (Å²) in [4.78, 5) is 10.5. The number of nitrogen functional groups attached to an aromatic ring is 2. The molecule has 1 aromatic carbocycles. The lowest BCUT2D eigenvalue weighted by atomic mass is 9.81. The Kier molecular flexibility index (Phi) is 3.01. The molecule has 0 aliphatic carbocycles. The Labute approximate surface area is 125 Å². The van der Waals surface area contributed by atoms with E-state index in [1.807, 2.05) is 0 Å². The normalized spacial score (nSPS) is 19.6. The van der Waals surface area contributed by atoms with Crippen molar-refractivity contribution in [1.29, 1.82) is 0 Å². The van der Waals surface area contributed by atoms with Crippen molar-refractivity contribution in [2.45, 2.75) is 38.8 Å². The molecule has 1 unspecified atom stereocenters. The average Bonchev–Trinajstić information content (AvgIpc) is 2.63. The molecule has 0 spiro atoms. The van der Waals surface area contributed by atoms with E-state index in [-0.39, 0.29) is 11.4 Å². The van der Waals surface area contributed by atoms with Gasteiger partial charge in [-0.15, -0.1) is 0 Å². The average molecular weight is 283 g/mol. The van der Waals surface area contributed by atoms with Gasteiger partial charge in [-0.1, -0.05) is 32.0 Å². The molecule has 1 aliphatic rings. The van der Waals surface area contributed by atoms with Crippen molar-refractivity contribution < 1.29 is 0 Å². The number of anilines is 3. The van der Waals surface area contributed by atoms with Crippen LogP contribution in [0.1, 0.15) is 31.9 Å². The van der Waals surface area contributed by atoms with Crippen molar-refractivity contribution in [2.75, 3.05) is 16.4 Å². The summed E-state index contributed by atoms with van der Waals surface area (Å²) in [6, 6.07) is 8.90. The Bertz CT molecular complexity index is 680. The first-order valence-electron chi connectivity index (χ1n) is 7.14. The van der Waals surface area contributed by atoms with Crippen molar-refractivity contribution in [3.63, 3.8) is 0 Å². The SMILES string of the molecule is CC1N(Cc2cnc(N)nc2N)c2ccccc2C1(C)C. The van der Waals surface area contributed by atoms with Crippen molar-refractivity contribution >= 4 is 17.5 Å². The minimum atomic E-state index is 0.0972. The van der Waals surface area contributed by atoms with E-state index >= 15 is 0 Å². The minimum absolute atomic E-state index is 0.0972. The van der Waals surface area contributed by atoms with E-state index in [1.54, 1.807) is 6.20 Å². The summed E-state index contributed by atoms with van der Waals surface area (Å²) in [6.45, 7) is 7.49. The highest BCUT2D eigenvalue weighted by atomic mass is 15.2. The van der Waals surface area contributed by atoms with Crippen LogP contribution in [0.25, 0.3) is 0 Å². The largest absolute Gasteiger partial charge is 0.383 e. The lowest BCUT2D eigenvalue weighted by Crippen LogP contribution is -2.38. The Morgan fingerprint density at radius 1 is 1.24 bits per heavy atom. The zero-order valence-electron chi connectivity index (χ0n) is 12.7. The maximum atomic E-state index is 5.97. The fourth-order valence-electron chi connectivity index (χ4n) is 3.05. The molecule has 3 rings (SSSR count). The van der Waals surface area contributed by atoms with Crippen LogP contribution in [0.3, 0.4) is 0 Å². The van der Waals surface area contributed by atoms with Gasteiger partial charge in [0.25, 0.3) is 0 Å². The molecule has 1 aromatic heterocycles. The topological polar surface area (TPSA) is 81.1 Å². The van der Waals surface area contributed by atoms with E-state index in [4.69, 9.17) is 11.5 Å². The van der Waals surface area contributed by atoms with Gasteiger partial charge in [0, 0.05) is 35.4 Å². The molecule has 0 fully saturated rings. The third-order valence-electron chi connectivity index (χ3n) is 4.68. The van der Waals surface area contributed by atoms with Gasteiger partial charge >= 0.3 is 0 Å². The molecule has 5 heteroatoms. The lowest BCUT2D eigenvalue weighted by Gasteiger charge is -2.31. The second-order valence-electron chi connectivity index (χ2n) is 6.18. The second-order valence-corrected chi connectivity index (χ2v) is 6.18. The van der Waals surface area contributed by atoms with E-state index in [9.17, 15) is 0 Å². The minimum Gasteiger partial charge on any atom is -0.383 e. The van der Waals surface area contributed by atoms with Crippen LogP contribution in [0, 0.1) is 0 Å². The van der Waals surface area contributed by atoms with Crippen LogP contribution >= 0.6 is 0 Å². The smallest absolute Gasteiger partial charge is 0.221 e. The van der Waals surface area contributed by atoms with Crippen molar-refractivity contribution in [1.82, 2.24) is 9.97 Å². The molecular weight excluding hydrogens is 262 g/mol. The van der Waals surface area contributed by atoms with Crippen LogP contribution in [0.5, 0.6) is 0 Å². The number of aromatic nitrogens is 2. The number of hydrogen-bond donors (Lipinski definition) is 2. The maximum Gasteiger partial charge on any atom is 0.221 e. The molecule has 110 valence electrons. The third-order valence-corrected chi connectivity index (χ3v) is 4.68. The van der Waals surface area contributed by atoms with Gasteiger partial charge in [0.1, 0.15) is 5.82 Å². The number of para-hydroxylation sites is 1. The predicted molar refractivity (Wildman–Crippen MR) is 86.0 cm³/mol.